The van der Waals surface area contributed by atoms with Crippen LogP contribution in [0.3, 0.4) is 0 Å². The highest BCUT2D eigenvalue weighted by Crippen LogP contribution is 2.38. The number of hydrogen-bond donors (Lipinski definition) is 2. The van der Waals surface area contributed by atoms with Gasteiger partial charge in [0.05, 0.1) is 28.5 Å². The van der Waals surface area contributed by atoms with E-state index in [0.717, 1.165) is 0 Å². The number of amides is 2. The third kappa shape index (κ3) is 7.25. The second-order valence-electron chi connectivity index (χ2n) is 6.80. The number of halogens is 5. The lowest BCUT2D eigenvalue weighted by molar-refractivity contribution is -0.136. The molecule has 0 aromatic heterocycles. The molecule has 0 aliphatic carbocycles. The Balaban J connectivity index is 1.66. The van der Waals surface area contributed by atoms with E-state index < -0.39 is 11.8 Å². The van der Waals surface area contributed by atoms with Gasteiger partial charge in [0.15, 0.2) is 11.5 Å². The van der Waals surface area contributed by atoms with Crippen molar-refractivity contribution in [3.63, 3.8) is 0 Å². The summed E-state index contributed by atoms with van der Waals surface area (Å²) in [6.45, 7) is 0.114. The van der Waals surface area contributed by atoms with Gasteiger partial charge in [-0.3, -0.25) is 9.59 Å². The van der Waals surface area contributed by atoms with Crippen molar-refractivity contribution in [2.45, 2.75) is 6.61 Å². The summed E-state index contributed by atoms with van der Waals surface area (Å²) in [5.74, 6) is -1.15. The Labute approximate surface area is 229 Å². The molecule has 0 saturated heterocycles. The van der Waals surface area contributed by atoms with Crippen LogP contribution in [0.25, 0.3) is 0 Å². The van der Waals surface area contributed by atoms with Crippen LogP contribution in [0.5, 0.6) is 11.5 Å². The third-order valence-corrected chi connectivity index (χ3v) is 6.30. The predicted molar refractivity (Wildman–Crippen MR) is 142 cm³/mol. The van der Waals surface area contributed by atoms with Crippen LogP contribution >= 0.6 is 62.3 Å². The quantitative estimate of drug-likeness (QED) is 0.174. The van der Waals surface area contributed by atoms with E-state index in [0.29, 0.717) is 42.2 Å². The third-order valence-electron chi connectivity index (χ3n) is 4.44. The lowest BCUT2D eigenvalue weighted by Crippen LogP contribution is -2.32. The molecule has 2 N–H and O–H groups in total. The SMILES string of the molecule is COc1cc(C=NNC(=O)C(=O)Nc2cc(Cl)ccc2Cl)cc(Br)c1OCc1c(Cl)cccc1Cl. The molecule has 0 bridgehead atoms. The van der Waals surface area contributed by atoms with Crippen molar-refractivity contribution in [2.75, 3.05) is 12.4 Å². The molecule has 0 radical (unpaired) electrons. The summed E-state index contributed by atoms with van der Waals surface area (Å²) < 4.78 is 11.9. The van der Waals surface area contributed by atoms with Gasteiger partial charge in [0, 0.05) is 20.6 Å². The lowest BCUT2D eigenvalue weighted by atomic mass is 10.2. The number of carbonyl (C=O) groups excluding carboxylic acids is 2. The molecule has 0 aliphatic heterocycles. The number of ether oxygens (including phenoxy) is 2. The summed E-state index contributed by atoms with van der Waals surface area (Å²) >= 11 is 27.7. The zero-order valence-electron chi connectivity index (χ0n) is 17.9. The molecule has 0 spiro atoms. The Morgan fingerprint density at radius 3 is 2.40 bits per heavy atom. The van der Waals surface area contributed by atoms with Crippen molar-refractivity contribution < 1.29 is 19.1 Å². The van der Waals surface area contributed by atoms with Crippen LogP contribution < -0.4 is 20.2 Å². The molecule has 3 rings (SSSR count). The maximum Gasteiger partial charge on any atom is 0.329 e. The fourth-order valence-electron chi connectivity index (χ4n) is 2.76. The van der Waals surface area contributed by atoms with Crippen molar-refractivity contribution >= 4 is 86.1 Å². The Kier molecular flexibility index (Phi) is 9.65. The van der Waals surface area contributed by atoms with Crippen LogP contribution in [0.1, 0.15) is 11.1 Å². The minimum Gasteiger partial charge on any atom is -0.493 e. The number of carbonyl (C=O) groups is 2. The van der Waals surface area contributed by atoms with E-state index in [-0.39, 0.29) is 17.3 Å². The van der Waals surface area contributed by atoms with Gasteiger partial charge in [-0.25, -0.2) is 5.43 Å². The summed E-state index contributed by atoms with van der Waals surface area (Å²) in [6.07, 6.45) is 1.33. The van der Waals surface area contributed by atoms with Gasteiger partial charge in [-0.2, -0.15) is 5.10 Å². The van der Waals surface area contributed by atoms with Crippen LogP contribution in [0.15, 0.2) is 58.1 Å². The molecule has 2 amide bonds. The van der Waals surface area contributed by atoms with Crippen LogP contribution in [-0.4, -0.2) is 25.1 Å². The lowest BCUT2D eigenvalue weighted by Gasteiger charge is -2.14. The highest BCUT2D eigenvalue weighted by Gasteiger charge is 2.16. The maximum atomic E-state index is 12.1. The maximum absolute atomic E-state index is 12.1. The first-order valence-corrected chi connectivity index (χ1v) is 12.0. The van der Waals surface area contributed by atoms with Gasteiger partial charge in [-0.05, 0) is 64.0 Å². The molecule has 12 heteroatoms. The van der Waals surface area contributed by atoms with E-state index in [1.807, 2.05) is 0 Å². The summed E-state index contributed by atoms with van der Waals surface area (Å²) in [7, 11) is 1.48. The van der Waals surface area contributed by atoms with Gasteiger partial charge in [0.2, 0.25) is 0 Å². The first-order valence-electron chi connectivity index (χ1n) is 9.72. The second kappa shape index (κ2) is 12.5. The monoisotopic (exact) mass is 617 g/mol. The van der Waals surface area contributed by atoms with E-state index in [2.05, 4.69) is 31.8 Å². The van der Waals surface area contributed by atoms with Crippen molar-refractivity contribution in [1.29, 1.82) is 0 Å². The zero-order chi connectivity index (χ0) is 25.5. The van der Waals surface area contributed by atoms with Crippen LogP contribution in [0.4, 0.5) is 5.69 Å². The number of hydrazone groups is 1. The van der Waals surface area contributed by atoms with Crippen LogP contribution in [0.2, 0.25) is 20.1 Å². The molecule has 0 saturated carbocycles. The number of rotatable bonds is 7. The highest BCUT2D eigenvalue weighted by molar-refractivity contribution is 9.10. The zero-order valence-corrected chi connectivity index (χ0v) is 22.5. The van der Waals surface area contributed by atoms with Crippen molar-refractivity contribution in [2.24, 2.45) is 5.10 Å². The van der Waals surface area contributed by atoms with Gasteiger partial charge in [-0.15, -0.1) is 0 Å². The topological polar surface area (TPSA) is 89.0 Å². The first-order chi connectivity index (χ1) is 16.7. The molecular weight excluding hydrogens is 604 g/mol. The minimum atomic E-state index is -1.00. The molecule has 182 valence electrons. The summed E-state index contributed by atoms with van der Waals surface area (Å²) in [5, 5.41) is 7.72. The minimum absolute atomic E-state index is 0.114. The highest BCUT2D eigenvalue weighted by atomic mass is 79.9. The molecule has 0 atom stereocenters. The molecule has 35 heavy (non-hydrogen) atoms. The number of benzene rings is 3. The molecule has 0 aliphatic rings. The van der Waals surface area contributed by atoms with Gasteiger partial charge in [-0.1, -0.05) is 52.5 Å². The normalized spacial score (nSPS) is 10.8. The molecule has 0 fully saturated rings. The number of methoxy groups -OCH3 is 1. The van der Waals surface area contributed by atoms with E-state index in [9.17, 15) is 9.59 Å². The largest absolute Gasteiger partial charge is 0.493 e. The number of nitrogens with one attached hydrogen (secondary N) is 2. The number of nitrogens with zero attached hydrogens (tertiary/aromatic N) is 1. The molecule has 7 nitrogen and oxygen atoms in total. The molecule has 3 aromatic rings. The summed E-state index contributed by atoms with van der Waals surface area (Å²) in [6, 6.07) is 13.0. The number of hydrogen-bond acceptors (Lipinski definition) is 5. The molecule has 3 aromatic carbocycles. The van der Waals surface area contributed by atoms with Crippen molar-refractivity contribution in [3.05, 3.63) is 84.2 Å². The van der Waals surface area contributed by atoms with E-state index >= 15 is 0 Å². The van der Waals surface area contributed by atoms with Gasteiger partial charge in [0.1, 0.15) is 6.61 Å². The van der Waals surface area contributed by atoms with Crippen molar-refractivity contribution in [3.8, 4) is 11.5 Å². The summed E-state index contributed by atoms with van der Waals surface area (Å²) in [5.41, 5.74) is 3.53. The van der Waals surface area contributed by atoms with Gasteiger partial charge >= 0.3 is 11.8 Å². The smallest absolute Gasteiger partial charge is 0.329 e. The fraction of sp³-hybridized carbons (Fsp3) is 0.0870. The van der Waals surface area contributed by atoms with Crippen molar-refractivity contribution in [1.82, 2.24) is 5.43 Å². The Morgan fingerprint density at radius 1 is 1.00 bits per heavy atom. The standard InChI is InChI=1S/C23H16BrCl4N3O4/c1-34-20-8-12(7-15(24)21(20)35-11-14-16(26)3-2-4-17(14)27)10-29-31-23(33)22(32)30-19-9-13(25)5-6-18(19)28/h2-10H,11H2,1H3,(H,30,32)(H,31,33). The number of anilines is 1. The van der Waals surface area contributed by atoms with Gasteiger partial charge < -0.3 is 14.8 Å². The summed E-state index contributed by atoms with van der Waals surface area (Å²) in [4.78, 5) is 24.2. The average Bonchev–Trinajstić information content (AvgIpc) is 2.81. The molecular formula is C23H16BrCl4N3O4. The Bertz CT molecular complexity index is 1280. The molecule has 0 unspecified atom stereocenters. The average molecular weight is 620 g/mol. The Morgan fingerprint density at radius 2 is 1.71 bits per heavy atom. The van der Waals surface area contributed by atoms with Crippen LogP contribution in [0, 0.1) is 0 Å². The fourth-order valence-corrected chi connectivity index (χ4v) is 4.18. The second-order valence-corrected chi connectivity index (χ2v) is 9.31. The van der Waals surface area contributed by atoms with E-state index in [4.69, 9.17) is 55.9 Å². The van der Waals surface area contributed by atoms with E-state index in [1.165, 1.54) is 25.5 Å². The van der Waals surface area contributed by atoms with E-state index in [1.54, 1.807) is 36.4 Å². The van der Waals surface area contributed by atoms with Gasteiger partial charge in [0.25, 0.3) is 0 Å². The first kappa shape index (κ1) is 27.1. The molecule has 0 heterocycles. The predicted octanol–water partition coefficient (Wildman–Crippen LogP) is 6.74. The Hall–Kier alpha value is -2.49. The van der Waals surface area contributed by atoms with Crippen LogP contribution in [-0.2, 0) is 16.2 Å².